The summed E-state index contributed by atoms with van der Waals surface area (Å²) >= 11 is 3.37. The molecule has 126 valence electrons. The molecule has 6 nitrogen and oxygen atoms in total. The van der Waals surface area contributed by atoms with Gasteiger partial charge in [0.2, 0.25) is 5.91 Å². The molecule has 7 heteroatoms. The van der Waals surface area contributed by atoms with Crippen LogP contribution in [0.25, 0.3) is 0 Å². The molecule has 1 aliphatic heterocycles. The number of halogens is 1. The number of benzene rings is 1. The van der Waals surface area contributed by atoms with Gasteiger partial charge in [0, 0.05) is 11.0 Å². The Morgan fingerprint density at radius 3 is 2.74 bits per heavy atom. The first kappa shape index (κ1) is 17.7. The van der Waals surface area contributed by atoms with Gasteiger partial charge in [-0.15, -0.1) is 0 Å². The number of ether oxygens (including phenoxy) is 1. The van der Waals surface area contributed by atoms with E-state index in [4.69, 9.17) is 10.5 Å². The average molecular weight is 384 g/mol. The zero-order valence-corrected chi connectivity index (χ0v) is 15.0. The molecular weight excluding hydrogens is 362 g/mol. The lowest BCUT2D eigenvalue weighted by atomic mass is 9.93. The van der Waals surface area contributed by atoms with Crippen LogP contribution in [0.5, 0.6) is 5.75 Å². The van der Waals surface area contributed by atoms with Crippen LogP contribution in [0.2, 0.25) is 0 Å². The molecule has 3 N–H and O–H groups in total. The summed E-state index contributed by atoms with van der Waals surface area (Å²) in [6, 6.07) is 5.36. The SMILES string of the molecule is CCC(CC)(CN)NC(=O)CN1C(=O)COc2cc(Br)ccc21. The summed E-state index contributed by atoms with van der Waals surface area (Å²) in [4.78, 5) is 26.0. The zero-order chi connectivity index (χ0) is 17.0. The fourth-order valence-electron chi connectivity index (χ4n) is 2.60. The Hall–Kier alpha value is -1.60. The molecule has 0 spiro atoms. The van der Waals surface area contributed by atoms with Crippen LogP contribution in [0.1, 0.15) is 26.7 Å². The molecule has 1 heterocycles. The Morgan fingerprint density at radius 1 is 1.43 bits per heavy atom. The van der Waals surface area contributed by atoms with Gasteiger partial charge in [-0.3, -0.25) is 14.5 Å². The molecule has 0 fully saturated rings. The Balaban J connectivity index is 2.16. The summed E-state index contributed by atoms with van der Waals surface area (Å²) in [6.45, 7) is 4.23. The maximum atomic E-state index is 12.4. The number of rotatable bonds is 6. The van der Waals surface area contributed by atoms with E-state index >= 15 is 0 Å². The van der Waals surface area contributed by atoms with E-state index in [2.05, 4.69) is 21.2 Å². The largest absolute Gasteiger partial charge is 0.482 e. The average Bonchev–Trinajstić information content (AvgIpc) is 2.55. The lowest BCUT2D eigenvalue weighted by molar-refractivity contribution is -0.126. The minimum atomic E-state index is -0.422. The number of fused-ring (bicyclic) bond motifs is 1. The smallest absolute Gasteiger partial charge is 0.265 e. The Kier molecular flexibility index (Phi) is 5.64. The lowest BCUT2D eigenvalue weighted by Crippen LogP contribution is -2.56. The van der Waals surface area contributed by atoms with Crippen LogP contribution in [0, 0.1) is 0 Å². The van der Waals surface area contributed by atoms with Crippen LogP contribution in [0.15, 0.2) is 22.7 Å². The van der Waals surface area contributed by atoms with Crippen molar-refractivity contribution in [1.82, 2.24) is 5.32 Å². The Bertz CT molecular complexity index is 594. The highest BCUT2D eigenvalue weighted by Gasteiger charge is 2.31. The van der Waals surface area contributed by atoms with Crippen molar-refractivity contribution in [2.45, 2.75) is 32.2 Å². The van der Waals surface area contributed by atoms with Crippen molar-refractivity contribution in [3.8, 4) is 5.75 Å². The van der Waals surface area contributed by atoms with Gasteiger partial charge in [0.15, 0.2) is 6.61 Å². The quantitative estimate of drug-likeness (QED) is 0.784. The van der Waals surface area contributed by atoms with E-state index in [9.17, 15) is 9.59 Å². The van der Waals surface area contributed by atoms with E-state index in [1.165, 1.54) is 4.90 Å². The van der Waals surface area contributed by atoms with Crippen LogP contribution in [0.3, 0.4) is 0 Å². The van der Waals surface area contributed by atoms with E-state index in [1.54, 1.807) is 12.1 Å². The predicted octanol–water partition coefficient (Wildman–Crippen LogP) is 1.81. The van der Waals surface area contributed by atoms with E-state index in [1.807, 2.05) is 19.9 Å². The van der Waals surface area contributed by atoms with E-state index < -0.39 is 5.54 Å². The highest BCUT2D eigenvalue weighted by molar-refractivity contribution is 9.10. The third kappa shape index (κ3) is 3.84. The van der Waals surface area contributed by atoms with Gasteiger partial charge in [-0.25, -0.2) is 0 Å². The van der Waals surface area contributed by atoms with Gasteiger partial charge in [0.1, 0.15) is 12.3 Å². The first-order chi connectivity index (χ1) is 10.9. The zero-order valence-electron chi connectivity index (χ0n) is 13.4. The number of nitrogens with two attached hydrogens (primary N) is 1. The highest BCUT2D eigenvalue weighted by Crippen LogP contribution is 2.34. The number of carbonyl (C=O) groups is 2. The van der Waals surface area contributed by atoms with Gasteiger partial charge in [-0.2, -0.15) is 0 Å². The summed E-state index contributed by atoms with van der Waals surface area (Å²) in [6.07, 6.45) is 1.48. The van der Waals surface area contributed by atoms with Crippen molar-refractivity contribution >= 4 is 33.4 Å². The van der Waals surface area contributed by atoms with Crippen molar-refractivity contribution in [2.24, 2.45) is 5.73 Å². The number of hydrogen-bond donors (Lipinski definition) is 2. The van der Waals surface area contributed by atoms with Crippen molar-refractivity contribution in [3.05, 3.63) is 22.7 Å². The molecule has 0 bridgehead atoms. The van der Waals surface area contributed by atoms with Gasteiger partial charge >= 0.3 is 0 Å². The van der Waals surface area contributed by atoms with Crippen molar-refractivity contribution in [3.63, 3.8) is 0 Å². The maximum absolute atomic E-state index is 12.4. The number of carbonyl (C=O) groups excluding carboxylic acids is 2. The van der Waals surface area contributed by atoms with Crippen molar-refractivity contribution in [1.29, 1.82) is 0 Å². The highest BCUT2D eigenvalue weighted by atomic mass is 79.9. The van der Waals surface area contributed by atoms with E-state index in [0.29, 0.717) is 18.0 Å². The molecule has 0 saturated heterocycles. The lowest BCUT2D eigenvalue weighted by Gasteiger charge is -2.34. The van der Waals surface area contributed by atoms with Crippen LogP contribution in [0.4, 0.5) is 5.69 Å². The minimum Gasteiger partial charge on any atom is -0.482 e. The van der Waals surface area contributed by atoms with Gasteiger partial charge in [-0.05, 0) is 31.0 Å². The monoisotopic (exact) mass is 383 g/mol. The molecule has 0 unspecified atom stereocenters. The first-order valence-corrected chi connectivity index (χ1v) is 8.47. The number of amides is 2. The molecule has 23 heavy (non-hydrogen) atoms. The summed E-state index contributed by atoms with van der Waals surface area (Å²) in [5.41, 5.74) is 5.99. The fraction of sp³-hybridized carbons (Fsp3) is 0.500. The number of anilines is 1. The van der Waals surface area contributed by atoms with Crippen LogP contribution in [-0.4, -0.2) is 37.0 Å². The standard InChI is InChI=1S/C16H22BrN3O3/c1-3-16(4-2,10-18)19-14(21)8-20-12-6-5-11(17)7-13(12)23-9-15(20)22/h5-7H,3-4,8-10,18H2,1-2H3,(H,19,21). The van der Waals surface area contributed by atoms with Crippen molar-refractivity contribution < 1.29 is 14.3 Å². The predicted molar refractivity (Wildman–Crippen MR) is 92.5 cm³/mol. The number of nitrogens with zero attached hydrogens (tertiary/aromatic N) is 1. The van der Waals surface area contributed by atoms with E-state index in [0.717, 1.165) is 17.3 Å². The number of hydrogen-bond acceptors (Lipinski definition) is 4. The normalized spacial score (nSPS) is 14.3. The second-order valence-corrected chi connectivity index (χ2v) is 6.54. The summed E-state index contributed by atoms with van der Waals surface area (Å²) in [5, 5.41) is 2.98. The molecule has 0 radical (unpaired) electrons. The molecule has 0 saturated carbocycles. The summed E-state index contributed by atoms with van der Waals surface area (Å²) in [7, 11) is 0. The van der Waals surface area contributed by atoms with Gasteiger partial charge < -0.3 is 15.8 Å². The van der Waals surface area contributed by atoms with Gasteiger partial charge in [0.25, 0.3) is 5.91 Å². The van der Waals surface area contributed by atoms with Crippen LogP contribution >= 0.6 is 15.9 Å². The molecular formula is C16H22BrN3O3. The Morgan fingerprint density at radius 2 is 2.13 bits per heavy atom. The molecule has 0 atom stereocenters. The van der Waals surface area contributed by atoms with Crippen LogP contribution < -0.4 is 20.7 Å². The molecule has 1 aliphatic rings. The number of nitrogens with one attached hydrogen (secondary N) is 1. The van der Waals surface area contributed by atoms with Crippen LogP contribution in [-0.2, 0) is 9.59 Å². The summed E-state index contributed by atoms with van der Waals surface area (Å²) < 4.78 is 6.28. The van der Waals surface area contributed by atoms with Gasteiger partial charge in [0.05, 0.1) is 11.2 Å². The topological polar surface area (TPSA) is 84.7 Å². The van der Waals surface area contributed by atoms with E-state index in [-0.39, 0.29) is 25.0 Å². The van der Waals surface area contributed by atoms with Crippen molar-refractivity contribution in [2.75, 3.05) is 24.6 Å². The second-order valence-electron chi connectivity index (χ2n) is 5.62. The summed E-state index contributed by atoms with van der Waals surface area (Å²) in [5.74, 6) is 0.132. The van der Waals surface area contributed by atoms with Gasteiger partial charge in [-0.1, -0.05) is 29.8 Å². The molecule has 1 aromatic rings. The maximum Gasteiger partial charge on any atom is 0.265 e. The second kappa shape index (κ2) is 7.31. The third-order valence-electron chi connectivity index (χ3n) is 4.32. The Labute approximate surface area is 144 Å². The third-order valence-corrected chi connectivity index (χ3v) is 4.81. The molecule has 2 amide bonds. The molecule has 0 aromatic heterocycles. The molecule has 0 aliphatic carbocycles. The fourth-order valence-corrected chi connectivity index (χ4v) is 2.94. The minimum absolute atomic E-state index is 0.0431. The first-order valence-electron chi connectivity index (χ1n) is 7.68. The molecule has 2 rings (SSSR count). The molecule has 1 aromatic carbocycles.